The normalized spacial score (nSPS) is 25.0. The van der Waals surface area contributed by atoms with Gasteiger partial charge in [0.1, 0.15) is 0 Å². The number of allylic oxidation sites excluding steroid dienone is 2. The van der Waals surface area contributed by atoms with Gasteiger partial charge < -0.3 is 20.5 Å². The number of carboxylic acid groups (broad SMARTS) is 1. The number of carbonyl (C=O) groups excluding carboxylic acids is 1. The predicted molar refractivity (Wildman–Crippen MR) is 122 cm³/mol. The number of fused-ring (bicyclic) bond motifs is 2. The van der Waals surface area contributed by atoms with Crippen LogP contribution in [0.4, 0.5) is 0 Å². The number of thiocarbonyl (C=S) groups is 1. The van der Waals surface area contributed by atoms with Crippen LogP contribution in [0, 0.1) is 11.8 Å². The van der Waals surface area contributed by atoms with Gasteiger partial charge in [-0.05, 0) is 50.9 Å². The van der Waals surface area contributed by atoms with E-state index >= 15 is 0 Å². The fourth-order valence-corrected chi connectivity index (χ4v) is 4.71. The summed E-state index contributed by atoms with van der Waals surface area (Å²) in [6, 6.07) is 0. The van der Waals surface area contributed by atoms with E-state index in [0.29, 0.717) is 24.8 Å². The van der Waals surface area contributed by atoms with E-state index in [1.165, 1.54) is 19.3 Å². The Morgan fingerprint density at radius 2 is 1.80 bits per heavy atom. The lowest BCUT2D eigenvalue weighted by atomic mass is 9.77. The summed E-state index contributed by atoms with van der Waals surface area (Å²) in [5.41, 5.74) is 0. The molecule has 0 saturated carbocycles. The topological polar surface area (TPSA) is 87.7 Å². The van der Waals surface area contributed by atoms with Gasteiger partial charge in [-0.15, -0.1) is 0 Å². The van der Waals surface area contributed by atoms with Crippen molar-refractivity contribution in [1.29, 1.82) is 0 Å². The Morgan fingerprint density at radius 3 is 2.53 bits per heavy atom. The molecule has 1 amide bonds. The zero-order valence-electron chi connectivity index (χ0n) is 18.2. The van der Waals surface area contributed by atoms with Crippen LogP contribution >= 0.6 is 12.2 Å². The first-order valence-corrected chi connectivity index (χ1v) is 12.0. The third-order valence-corrected chi connectivity index (χ3v) is 6.51. The van der Waals surface area contributed by atoms with Crippen molar-refractivity contribution < 1.29 is 19.4 Å². The summed E-state index contributed by atoms with van der Waals surface area (Å²) < 4.78 is 6.10. The van der Waals surface area contributed by atoms with Gasteiger partial charge in [0.2, 0.25) is 5.91 Å². The van der Waals surface area contributed by atoms with Gasteiger partial charge >= 0.3 is 5.97 Å². The number of carbonyl (C=O) groups is 2. The maximum atomic E-state index is 12.2. The Bertz CT molecular complexity index is 596. The molecule has 2 aliphatic rings. The first-order valence-electron chi connectivity index (χ1n) is 11.6. The molecule has 0 radical (unpaired) electrons. The van der Waals surface area contributed by atoms with Gasteiger partial charge in [0.15, 0.2) is 0 Å². The number of carboxylic acids is 1. The number of rotatable bonds is 15. The monoisotopic (exact) mass is 438 g/mol. The van der Waals surface area contributed by atoms with Gasteiger partial charge in [-0.25, -0.2) is 0 Å². The van der Waals surface area contributed by atoms with Crippen molar-refractivity contribution >= 4 is 29.1 Å². The highest BCUT2D eigenvalue weighted by Crippen LogP contribution is 2.44. The molecule has 0 spiro atoms. The fourth-order valence-electron chi connectivity index (χ4n) is 4.50. The SMILES string of the molecule is CCCCCCC(=S)NCC(=O)NC[C@H]1[C@@H](CC=CCCCC(=O)O)[C@H]2CC[C@@H]1O2. The van der Waals surface area contributed by atoms with Gasteiger partial charge in [0.25, 0.3) is 0 Å². The number of aliphatic carboxylic acids is 1. The molecular formula is C23H38N2O4S. The summed E-state index contributed by atoms with van der Waals surface area (Å²) in [5.74, 6) is 0.00818. The minimum Gasteiger partial charge on any atom is -0.481 e. The molecule has 0 aliphatic carbocycles. The summed E-state index contributed by atoms with van der Waals surface area (Å²) >= 11 is 5.32. The molecule has 6 nitrogen and oxygen atoms in total. The molecule has 7 heteroatoms. The third-order valence-electron chi connectivity index (χ3n) is 6.17. The lowest BCUT2D eigenvalue weighted by molar-refractivity contribution is -0.137. The van der Waals surface area contributed by atoms with E-state index < -0.39 is 5.97 Å². The van der Waals surface area contributed by atoms with Crippen molar-refractivity contribution in [3.05, 3.63) is 12.2 Å². The van der Waals surface area contributed by atoms with Crippen molar-refractivity contribution in [2.24, 2.45) is 11.8 Å². The van der Waals surface area contributed by atoms with Crippen LogP contribution in [-0.4, -0.2) is 47.3 Å². The number of nitrogens with one attached hydrogen (secondary N) is 2. The van der Waals surface area contributed by atoms with Crippen LogP contribution in [0.2, 0.25) is 0 Å². The number of hydrogen-bond acceptors (Lipinski definition) is 4. The zero-order chi connectivity index (χ0) is 21.8. The largest absolute Gasteiger partial charge is 0.481 e. The second-order valence-electron chi connectivity index (χ2n) is 8.50. The van der Waals surface area contributed by atoms with Crippen molar-refractivity contribution in [1.82, 2.24) is 10.6 Å². The van der Waals surface area contributed by atoms with Crippen LogP contribution < -0.4 is 10.6 Å². The molecule has 2 heterocycles. The molecule has 0 aromatic heterocycles. The number of ether oxygens (including phenoxy) is 1. The maximum absolute atomic E-state index is 12.2. The Kier molecular flexibility index (Phi) is 11.4. The quantitative estimate of drug-likeness (QED) is 0.204. The molecule has 170 valence electrons. The van der Waals surface area contributed by atoms with Crippen LogP contribution in [-0.2, 0) is 14.3 Å². The summed E-state index contributed by atoms with van der Waals surface area (Å²) in [6.07, 6.45) is 15.1. The molecule has 0 unspecified atom stereocenters. The van der Waals surface area contributed by atoms with Gasteiger partial charge in [-0.3, -0.25) is 9.59 Å². The van der Waals surface area contributed by atoms with Crippen LogP contribution in [0.1, 0.15) is 77.6 Å². The van der Waals surface area contributed by atoms with E-state index in [9.17, 15) is 9.59 Å². The lowest BCUT2D eigenvalue weighted by Crippen LogP contribution is -2.42. The van der Waals surface area contributed by atoms with Gasteiger partial charge in [-0.1, -0.05) is 50.6 Å². The molecule has 2 saturated heterocycles. The van der Waals surface area contributed by atoms with Gasteiger partial charge in [0, 0.05) is 18.9 Å². The molecular weight excluding hydrogens is 400 g/mol. The highest BCUT2D eigenvalue weighted by molar-refractivity contribution is 7.80. The highest BCUT2D eigenvalue weighted by atomic mass is 32.1. The summed E-state index contributed by atoms with van der Waals surface area (Å²) in [4.78, 5) is 23.6. The molecule has 2 bridgehead atoms. The highest BCUT2D eigenvalue weighted by Gasteiger charge is 2.47. The minimum absolute atomic E-state index is 0.0170. The number of amides is 1. The second-order valence-corrected chi connectivity index (χ2v) is 9.00. The van der Waals surface area contributed by atoms with Gasteiger partial charge in [-0.2, -0.15) is 0 Å². The lowest BCUT2D eigenvalue weighted by Gasteiger charge is -2.27. The molecule has 0 aromatic carbocycles. The summed E-state index contributed by atoms with van der Waals surface area (Å²) in [7, 11) is 0. The maximum Gasteiger partial charge on any atom is 0.303 e. The molecule has 2 fully saturated rings. The van der Waals surface area contributed by atoms with E-state index in [-0.39, 0.29) is 31.1 Å². The van der Waals surface area contributed by atoms with Crippen molar-refractivity contribution in [2.45, 2.75) is 89.8 Å². The molecule has 2 aliphatic heterocycles. The molecule has 2 rings (SSSR count). The Labute approximate surface area is 186 Å². The van der Waals surface area contributed by atoms with E-state index in [4.69, 9.17) is 22.1 Å². The van der Waals surface area contributed by atoms with E-state index in [0.717, 1.165) is 43.5 Å². The van der Waals surface area contributed by atoms with Crippen molar-refractivity contribution in [3.8, 4) is 0 Å². The van der Waals surface area contributed by atoms with Crippen LogP contribution in [0.15, 0.2) is 12.2 Å². The van der Waals surface area contributed by atoms with Crippen LogP contribution in [0.3, 0.4) is 0 Å². The predicted octanol–water partition coefficient (Wildman–Crippen LogP) is 3.98. The first-order chi connectivity index (χ1) is 14.5. The zero-order valence-corrected chi connectivity index (χ0v) is 19.1. The van der Waals surface area contributed by atoms with Gasteiger partial charge in [0.05, 0.1) is 23.7 Å². The Hall–Kier alpha value is -1.47. The third kappa shape index (κ3) is 8.72. The van der Waals surface area contributed by atoms with Crippen LogP contribution in [0.25, 0.3) is 0 Å². The Morgan fingerprint density at radius 1 is 1.03 bits per heavy atom. The number of unbranched alkanes of at least 4 members (excludes halogenated alkanes) is 4. The summed E-state index contributed by atoms with van der Waals surface area (Å²) in [6.45, 7) is 3.07. The first kappa shape index (κ1) is 24.8. The second kappa shape index (κ2) is 13.8. The molecule has 4 atom stereocenters. The average Bonchev–Trinajstić information content (AvgIpc) is 3.32. The molecule has 30 heavy (non-hydrogen) atoms. The Balaban J connectivity index is 1.66. The minimum atomic E-state index is -0.743. The van der Waals surface area contributed by atoms with E-state index in [1.54, 1.807) is 0 Å². The molecule has 0 aromatic rings. The van der Waals surface area contributed by atoms with Crippen molar-refractivity contribution in [3.63, 3.8) is 0 Å². The van der Waals surface area contributed by atoms with E-state index in [2.05, 4.69) is 29.7 Å². The smallest absolute Gasteiger partial charge is 0.303 e. The van der Waals surface area contributed by atoms with Crippen LogP contribution in [0.5, 0.6) is 0 Å². The standard InChI is InChI=1S/C23H38N2O4S/c1-2-3-4-8-11-22(30)25-16-21(26)24-15-18-17(19-13-14-20(18)29-19)10-7-5-6-9-12-23(27)28/h5,7,17-20H,2-4,6,8-16H2,1H3,(H,24,26)(H,25,30)(H,27,28)/t17-,18+,19-,20+/m1/s1. The summed E-state index contributed by atoms with van der Waals surface area (Å²) in [5, 5.41) is 14.8. The fraction of sp³-hybridized carbons (Fsp3) is 0.783. The molecule has 3 N–H and O–H groups in total. The average molecular weight is 439 g/mol. The van der Waals surface area contributed by atoms with Crippen molar-refractivity contribution in [2.75, 3.05) is 13.1 Å². The van der Waals surface area contributed by atoms with E-state index in [1.807, 2.05) is 0 Å². The number of hydrogen-bond donors (Lipinski definition) is 3.